The molecular weight excluding hydrogens is 426 g/mol. The van der Waals surface area contributed by atoms with Gasteiger partial charge in [-0.1, -0.05) is 24.3 Å². The Morgan fingerprint density at radius 2 is 1.53 bits per heavy atom. The molecule has 0 aromatic heterocycles. The lowest BCUT2D eigenvalue weighted by Gasteiger charge is -2.34. The first-order valence-corrected chi connectivity index (χ1v) is 12.7. The topological polar surface area (TPSA) is 53.1 Å². The van der Waals surface area contributed by atoms with Crippen molar-refractivity contribution in [3.8, 4) is 0 Å². The molecule has 1 saturated carbocycles. The van der Waals surface area contributed by atoms with E-state index in [1.54, 1.807) is 0 Å². The number of morpholine rings is 1. The second-order valence-corrected chi connectivity index (χ2v) is 10.3. The van der Waals surface area contributed by atoms with Gasteiger partial charge in [-0.15, -0.1) is 0 Å². The van der Waals surface area contributed by atoms with E-state index in [-0.39, 0.29) is 17.2 Å². The largest absolute Gasteiger partial charge is 0.378 e. The molecule has 0 N–H and O–H groups in total. The number of carbonyl (C=O) groups excluding carboxylic acids is 2. The monoisotopic (exact) mass is 459 g/mol. The Balaban J connectivity index is 1.03. The summed E-state index contributed by atoms with van der Waals surface area (Å²) in [5.74, 6) is 0.579. The number of nitrogens with zero attached hydrogens (tertiary/aromatic N) is 3. The quantitative estimate of drug-likeness (QED) is 0.707. The zero-order valence-electron chi connectivity index (χ0n) is 19.7. The van der Waals surface area contributed by atoms with E-state index in [0.717, 1.165) is 89.4 Å². The Kier molecular flexibility index (Phi) is 5.56. The van der Waals surface area contributed by atoms with E-state index in [2.05, 4.69) is 46.2 Å². The Hall–Kier alpha value is -2.86. The lowest BCUT2D eigenvalue weighted by Crippen LogP contribution is -2.42. The Labute approximate surface area is 201 Å². The smallest absolute Gasteiger partial charge is 0.253 e. The van der Waals surface area contributed by atoms with Crippen molar-refractivity contribution >= 4 is 17.5 Å². The number of anilines is 1. The molecule has 2 aromatic rings. The Bertz CT molecular complexity index is 1070. The van der Waals surface area contributed by atoms with Gasteiger partial charge in [-0.2, -0.15) is 0 Å². The standard InChI is InChI=1S/C28H33N3O3/c32-26(22-5-7-24(8-6-22)29-15-17-34-18-16-29)30-13-10-28(11-14-30)19-25(28)27(33)31-12-9-21-3-1-2-4-23(21)20-31/h1-8,25H,9-20H2/t25-/m1/s1. The number of fused-ring (bicyclic) bond motifs is 1. The molecule has 1 aliphatic carbocycles. The molecule has 6 rings (SSSR count). The normalized spacial score (nSPS) is 23.5. The summed E-state index contributed by atoms with van der Waals surface area (Å²) in [6.07, 6.45) is 3.81. The van der Waals surface area contributed by atoms with Gasteiger partial charge < -0.3 is 19.4 Å². The first-order valence-electron chi connectivity index (χ1n) is 12.7. The summed E-state index contributed by atoms with van der Waals surface area (Å²) in [6.45, 7) is 6.36. The van der Waals surface area contributed by atoms with Crippen LogP contribution in [0.5, 0.6) is 0 Å². The number of hydrogen-bond donors (Lipinski definition) is 0. The summed E-state index contributed by atoms with van der Waals surface area (Å²) in [7, 11) is 0. The molecule has 0 unspecified atom stereocenters. The van der Waals surface area contributed by atoms with Crippen LogP contribution in [-0.4, -0.2) is 67.6 Å². The molecule has 0 bridgehead atoms. The van der Waals surface area contributed by atoms with Crippen LogP contribution in [-0.2, 0) is 22.5 Å². The van der Waals surface area contributed by atoms with Gasteiger partial charge in [0.2, 0.25) is 5.91 Å². The molecule has 3 fully saturated rings. The van der Waals surface area contributed by atoms with Crippen LogP contribution < -0.4 is 4.90 Å². The Morgan fingerprint density at radius 1 is 0.824 bits per heavy atom. The fourth-order valence-corrected chi connectivity index (χ4v) is 6.13. The van der Waals surface area contributed by atoms with Crippen LogP contribution in [0, 0.1) is 11.3 Å². The molecule has 6 heteroatoms. The van der Waals surface area contributed by atoms with E-state index in [1.165, 1.54) is 11.1 Å². The average molecular weight is 460 g/mol. The van der Waals surface area contributed by atoms with Crippen LogP contribution >= 0.6 is 0 Å². The minimum Gasteiger partial charge on any atom is -0.378 e. The third kappa shape index (κ3) is 3.98. The molecule has 0 radical (unpaired) electrons. The van der Waals surface area contributed by atoms with Gasteiger partial charge in [0.15, 0.2) is 0 Å². The summed E-state index contributed by atoms with van der Waals surface area (Å²) in [4.78, 5) is 32.7. The molecule has 2 aromatic carbocycles. The zero-order valence-corrected chi connectivity index (χ0v) is 19.7. The van der Waals surface area contributed by atoms with Gasteiger partial charge in [0, 0.05) is 56.4 Å². The molecule has 6 nitrogen and oxygen atoms in total. The van der Waals surface area contributed by atoms with E-state index in [4.69, 9.17) is 4.74 Å². The van der Waals surface area contributed by atoms with Gasteiger partial charge >= 0.3 is 0 Å². The van der Waals surface area contributed by atoms with Crippen LogP contribution in [0.3, 0.4) is 0 Å². The maximum absolute atomic E-state index is 13.3. The van der Waals surface area contributed by atoms with E-state index < -0.39 is 0 Å². The van der Waals surface area contributed by atoms with Gasteiger partial charge in [0.1, 0.15) is 0 Å². The lowest BCUT2D eigenvalue weighted by molar-refractivity contribution is -0.134. The van der Waals surface area contributed by atoms with E-state index in [0.29, 0.717) is 5.91 Å². The van der Waals surface area contributed by atoms with Crippen molar-refractivity contribution in [2.75, 3.05) is 50.8 Å². The molecule has 4 aliphatic rings. The average Bonchev–Trinajstić information content (AvgIpc) is 3.61. The van der Waals surface area contributed by atoms with Crippen molar-refractivity contribution in [2.45, 2.75) is 32.2 Å². The fraction of sp³-hybridized carbons (Fsp3) is 0.500. The molecule has 2 saturated heterocycles. The molecule has 3 heterocycles. The summed E-state index contributed by atoms with van der Waals surface area (Å²) in [5.41, 5.74) is 4.68. The maximum Gasteiger partial charge on any atom is 0.253 e. The van der Waals surface area contributed by atoms with Gasteiger partial charge in [0.25, 0.3) is 5.91 Å². The molecular formula is C28H33N3O3. The number of hydrogen-bond acceptors (Lipinski definition) is 4. The van der Waals surface area contributed by atoms with Crippen LogP contribution in [0.15, 0.2) is 48.5 Å². The number of ether oxygens (including phenoxy) is 1. The van der Waals surface area contributed by atoms with Crippen molar-refractivity contribution in [3.05, 3.63) is 65.2 Å². The van der Waals surface area contributed by atoms with Crippen molar-refractivity contribution in [1.82, 2.24) is 9.80 Å². The first-order chi connectivity index (χ1) is 16.6. The van der Waals surface area contributed by atoms with Crippen molar-refractivity contribution in [1.29, 1.82) is 0 Å². The highest BCUT2D eigenvalue weighted by Gasteiger charge is 2.59. The van der Waals surface area contributed by atoms with Crippen LogP contribution in [0.25, 0.3) is 0 Å². The Morgan fingerprint density at radius 3 is 2.26 bits per heavy atom. The summed E-state index contributed by atoms with van der Waals surface area (Å²) >= 11 is 0. The molecule has 1 atom stereocenters. The van der Waals surface area contributed by atoms with Crippen molar-refractivity contribution in [2.24, 2.45) is 11.3 Å². The second kappa shape index (κ2) is 8.73. The number of rotatable bonds is 3. The number of likely N-dealkylation sites (tertiary alicyclic amines) is 1. The summed E-state index contributed by atoms with van der Waals surface area (Å²) in [5, 5.41) is 0. The first kappa shape index (κ1) is 21.7. The van der Waals surface area contributed by atoms with Gasteiger partial charge in [-0.25, -0.2) is 0 Å². The predicted molar refractivity (Wildman–Crippen MR) is 131 cm³/mol. The number of amides is 2. The molecule has 34 heavy (non-hydrogen) atoms. The van der Waals surface area contributed by atoms with Crippen LogP contribution in [0.4, 0.5) is 5.69 Å². The highest BCUT2D eigenvalue weighted by Crippen LogP contribution is 2.60. The van der Waals surface area contributed by atoms with E-state index in [1.807, 2.05) is 17.0 Å². The van der Waals surface area contributed by atoms with Gasteiger partial charge in [-0.3, -0.25) is 9.59 Å². The highest BCUT2D eigenvalue weighted by molar-refractivity contribution is 5.94. The van der Waals surface area contributed by atoms with Crippen LogP contribution in [0.2, 0.25) is 0 Å². The lowest BCUT2D eigenvalue weighted by atomic mass is 9.89. The third-order valence-corrected chi connectivity index (χ3v) is 8.47. The third-order valence-electron chi connectivity index (χ3n) is 8.47. The minimum atomic E-state index is 0.111. The van der Waals surface area contributed by atoms with E-state index in [9.17, 15) is 9.59 Å². The van der Waals surface area contributed by atoms with E-state index >= 15 is 0 Å². The number of benzene rings is 2. The highest BCUT2D eigenvalue weighted by atomic mass is 16.5. The summed E-state index contributed by atoms with van der Waals surface area (Å²) < 4.78 is 5.43. The fourth-order valence-electron chi connectivity index (χ4n) is 6.13. The van der Waals surface area contributed by atoms with Gasteiger partial charge in [0.05, 0.1) is 13.2 Å². The number of piperidine rings is 1. The van der Waals surface area contributed by atoms with Crippen LogP contribution in [0.1, 0.15) is 40.7 Å². The SMILES string of the molecule is O=C(c1ccc(N2CCOCC2)cc1)N1CCC2(CC1)C[C@@H]2C(=O)N1CCc2ccccc2C1. The van der Waals surface area contributed by atoms with Crippen molar-refractivity contribution in [3.63, 3.8) is 0 Å². The molecule has 178 valence electrons. The number of carbonyl (C=O) groups is 2. The van der Waals surface area contributed by atoms with Gasteiger partial charge in [-0.05, 0) is 66.5 Å². The second-order valence-electron chi connectivity index (χ2n) is 10.3. The van der Waals surface area contributed by atoms with Crippen molar-refractivity contribution < 1.29 is 14.3 Å². The zero-order chi connectivity index (χ0) is 23.1. The molecule has 2 amide bonds. The summed E-state index contributed by atoms with van der Waals surface area (Å²) in [6, 6.07) is 16.5. The predicted octanol–water partition coefficient (Wildman–Crippen LogP) is 3.35. The minimum absolute atomic E-state index is 0.111. The molecule has 3 aliphatic heterocycles. The maximum atomic E-state index is 13.3. The molecule has 1 spiro atoms.